The van der Waals surface area contributed by atoms with E-state index < -0.39 is 0 Å². The van der Waals surface area contributed by atoms with E-state index in [-0.39, 0.29) is 5.56 Å². The molecular formula is C22H26N3OS+. The second kappa shape index (κ2) is 7.79. The Morgan fingerprint density at radius 1 is 1.07 bits per heavy atom. The fourth-order valence-electron chi connectivity index (χ4n) is 4.30. The first kappa shape index (κ1) is 18.1. The highest BCUT2D eigenvalue weighted by atomic mass is 32.1. The van der Waals surface area contributed by atoms with Gasteiger partial charge in [-0.2, -0.15) is 0 Å². The van der Waals surface area contributed by atoms with Crippen LogP contribution in [0.4, 0.5) is 0 Å². The highest BCUT2D eigenvalue weighted by Gasteiger charge is 2.22. The number of aromatic amines is 1. The zero-order valence-corrected chi connectivity index (χ0v) is 16.5. The first-order valence-corrected chi connectivity index (χ1v) is 10.2. The first-order chi connectivity index (χ1) is 13.1. The molecule has 0 amide bonds. The average molecular weight is 381 g/mol. The Morgan fingerprint density at radius 3 is 2.59 bits per heavy atom. The van der Waals surface area contributed by atoms with Crippen LogP contribution < -0.4 is 10.5 Å². The van der Waals surface area contributed by atoms with Gasteiger partial charge < -0.3 is 9.88 Å². The molecule has 0 saturated heterocycles. The number of quaternary nitrogens is 1. The number of para-hydroxylation sites is 2. The molecule has 0 radical (unpaired) electrons. The molecule has 2 N–H and O–H groups in total. The summed E-state index contributed by atoms with van der Waals surface area (Å²) in [7, 11) is 2.27. The lowest BCUT2D eigenvalue weighted by atomic mass is 9.94. The fourth-order valence-corrected chi connectivity index (χ4v) is 4.59. The van der Waals surface area contributed by atoms with Crippen LogP contribution in [-0.4, -0.2) is 22.6 Å². The van der Waals surface area contributed by atoms with Crippen molar-refractivity contribution in [1.29, 1.82) is 0 Å². The van der Waals surface area contributed by atoms with Crippen molar-refractivity contribution < 1.29 is 4.90 Å². The number of nitrogens with one attached hydrogen (secondary N) is 2. The molecule has 1 aliphatic carbocycles. The van der Waals surface area contributed by atoms with Gasteiger partial charge in [-0.3, -0.25) is 9.36 Å². The number of rotatable bonds is 4. The summed E-state index contributed by atoms with van der Waals surface area (Å²) in [6.07, 6.45) is 6.62. The van der Waals surface area contributed by atoms with E-state index in [1.54, 1.807) is 4.57 Å². The number of nitrogens with zero attached hydrogens (tertiary/aromatic N) is 1. The van der Waals surface area contributed by atoms with Crippen LogP contribution in [0.3, 0.4) is 0 Å². The topological polar surface area (TPSA) is 42.2 Å². The normalized spacial score (nSPS) is 16.5. The molecule has 0 spiro atoms. The Labute approximate surface area is 164 Å². The Morgan fingerprint density at radius 2 is 1.78 bits per heavy atom. The molecular weight excluding hydrogens is 354 g/mol. The minimum atomic E-state index is -0.0582. The number of aromatic nitrogens is 2. The summed E-state index contributed by atoms with van der Waals surface area (Å²) >= 11 is 5.55. The summed E-state index contributed by atoms with van der Waals surface area (Å²) in [4.78, 5) is 17.9. The molecule has 0 aliphatic heterocycles. The van der Waals surface area contributed by atoms with Crippen molar-refractivity contribution in [1.82, 2.24) is 9.55 Å². The molecule has 0 bridgehead atoms. The second-order valence-electron chi connectivity index (χ2n) is 7.60. The van der Waals surface area contributed by atoms with Crippen LogP contribution in [0.2, 0.25) is 0 Å². The zero-order valence-electron chi connectivity index (χ0n) is 15.7. The molecule has 1 aromatic heterocycles. The summed E-state index contributed by atoms with van der Waals surface area (Å²) < 4.78 is 2.10. The van der Waals surface area contributed by atoms with Crippen molar-refractivity contribution in [2.75, 3.05) is 7.05 Å². The van der Waals surface area contributed by atoms with Crippen LogP contribution in [0.5, 0.6) is 0 Å². The number of fused-ring (bicyclic) bond motifs is 1. The summed E-state index contributed by atoms with van der Waals surface area (Å²) in [5.41, 5.74) is 2.78. The molecule has 1 heterocycles. The Balaban J connectivity index is 1.76. The highest BCUT2D eigenvalue weighted by molar-refractivity contribution is 7.71. The summed E-state index contributed by atoms with van der Waals surface area (Å²) in [5, 5.41) is 0.661. The van der Waals surface area contributed by atoms with Gasteiger partial charge in [0.05, 0.1) is 29.7 Å². The summed E-state index contributed by atoms with van der Waals surface area (Å²) in [6.45, 7) is 0.898. The third-order valence-corrected chi connectivity index (χ3v) is 6.09. The predicted molar refractivity (Wildman–Crippen MR) is 112 cm³/mol. The minimum Gasteiger partial charge on any atom is -0.331 e. The van der Waals surface area contributed by atoms with E-state index in [9.17, 15) is 4.79 Å². The Bertz CT molecular complexity index is 1060. The van der Waals surface area contributed by atoms with Crippen molar-refractivity contribution in [3.05, 3.63) is 69.2 Å². The molecule has 4 nitrogen and oxygen atoms in total. The molecule has 1 unspecified atom stereocenters. The third-order valence-electron chi connectivity index (χ3n) is 5.81. The molecule has 140 valence electrons. The van der Waals surface area contributed by atoms with E-state index >= 15 is 0 Å². The monoisotopic (exact) mass is 380 g/mol. The SMILES string of the molecule is C[NH+](Cc1ccccc1-n1c(=S)[nH]c2ccccc2c1=O)C1CCCCC1. The average Bonchev–Trinajstić information content (AvgIpc) is 2.70. The van der Waals surface area contributed by atoms with E-state index in [2.05, 4.69) is 18.1 Å². The van der Waals surface area contributed by atoms with E-state index in [1.807, 2.05) is 42.5 Å². The molecule has 1 aliphatic rings. The Hall–Kier alpha value is -2.24. The third kappa shape index (κ3) is 3.62. The predicted octanol–water partition coefficient (Wildman–Crippen LogP) is 3.40. The van der Waals surface area contributed by atoms with Gasteiger partial charge in [0.2, 0.25) is 0 Å². The number of H-pyrrole nitrogens is 1. The first-order valence-electron chi connectivity index (χ1n) is 9.80. The van der Waals surface area contributed by atoms with Crippen molar-refractivity contribution in [3.63, 3.8) is 0 Å². The minimum absolute atomic E-state index is 0.0582. The van der Waals surface area contributed by atoms with Gasteiger partial charge in [0.25, 0.3) is 5.56 Å². The molecule has 27 heavy (non-hydrogen) atoms. The van der Waals surface area contributed by atoms with Gasteiger partial charge in [0, 0.05) is 5.56 Å². The van der Waals surface area contributed by atoms with Crippen LogP contribution in [0.1, 0.15) is 37.7 Å². The lowest BCUT2D eigenvalue weighted by Crippen LogP contribution is -3.11. The van der Waals surface area contributed by atoms with Gasteiger partial charge in [0.15, 0.2) is 4.77 Å². The van der Waals surface area contributed by atoms with Gasteiger partial charge in [0.1, 0.15) is 6.54 Å². The smallest absolute Gasteiger partial charge is 0.266 e. The molecule has 3 aromatic rings. The van der Waals surface area contributed by atoms with E-state index in [1.165, 1.54) is 37.0 Å². The van der Waals surface area contributed by atoms with Crippen molar-refractivity contribution in [2.45, 2.75) is 44.7 Å². The van der Waals surface area contributed by atoms with Gasteiger partial charge >= 0.3 is 0 Å². The van der Waals surface area contributed by atoms with Crippen molar-refractivity contribution in [3.8, 4) is 5.69 Å². The maximum Gasteiger partial charge on any atom is 0.266 e. The standard InChI is InChI=1S/C22H25N3OS/c1-24(17-10-3-2-4-11-17)15-16-9-5-8-14-20(16)25-21(26)18-12-6-7-13-19(18)23-22(25)27/h5-9,12-14,17H,2-4,10-11,15H2,1H3,(H,23,27)/p+1. The van der Waals surface area contributed by atoms with Crippen LogP contribution >= 0.6 is 12.2 Å². The number of hydrogen-bond donors (Lipinski definition) is 2. The molecule has 2 aromatic carbocycles. The van der Waals surface area contributed by atoms with E-state index in [0.717, 1.165) is 23.3 Å². The lowest BCUT2D eigenvalue weighted by molar-refractivity contribution is -0.921. The maximum atomic E-state index is 13.2. The lowest BCUT2D eigenvalue weighted by Gasteiger charge is -2.28. The van der Waals surface area contributed by atoms with Gasteiger partial charge in [-0.25, -0.2) is 0 Å². The van der Waals surface area contributed by atoms with Gasteiger partial charge in [-0.1, -0.05) is 36.8 Å². The molecule has 4 rings (SSSR count). The fraction of sp³-hybridized carbons (Fsp3) is 0.364. The maximum absolute atomic E-state index is 13.2. The molecule has 5 heteroatoms. The molecule has 1 atom stereocenters. The van der Waals surface area contributed by atoms with Crippen LogP contribution in [-0.2, 0) is 6.54 Å². The number of benzene rings is 2. The molecule has 1 saturated carbocycles. The van der Waals surface area contributed by atoms with E-state index in [4.69, 9.17) is 12.2 Å². The molecule has 1 fully saturated rings. The van der Waals surface area contributed by atoms with Crippen LogP contribution in [0, 0.1) is 4.77 Å². The van der Waals surface area contributed by atoms with Crippen LogP contribution in [0.25, 0.3) is 16.6 Å². The summed E-state index contributed by atoms with van der Waals surface area (Å²) in [5.74, 6) is 0. The van der Waals surface area contributed by atoms with Gasteiger partial charge in [-0.15, -0.1) is 0 Å². The number of hydrogen-bond acceptors (Lipinski definition) is 2. The highest BCUT2D eigenvalue weighted by Crippen LogP contribution is 2.17. The van der Waals surface area contributed by atoms with Crippen molar-refractivity contribution >= 4 is 23.1 Å². The van der Waals surface area contributed by atoms with E-state index in [0.29, 0.717) is 16.2 Å². The largest absolute Gasteiger partial charge is 0.331 e. The second-order valence-corrected chi connectivity index (χ2v) is 7.99. The zero-order chi connectivity index (χ0) is 18.8. The van der Waals surface area contributed by atoms with Crippen LogP contribution in [0.15, 0.2) is 53.3 Å². The van der Waals surface area contributed by atoms with Crippen molar-refractivity contribution in [2.24, 2.45) is 0 Å². The Kier molecular flexibility index (Phi) is 5.23. The van der Waals surface area contributed by atoms with Gasteiger partial charge in [-0.05, 0) is 56.1 Å². The quantitative estimate of drug-likeness (QED) is 0.681. The summed E-state index contributed by atoms with van der Waals surface area (Å²) in [6, 6.07) is 16.4.